The molecule has 0 spiro atoms. The first-order chi connectivity index (χ1) is 32.1. The Morgan fingerprint density at radius 2 is 0.585 bits per heavy atom. The Balaban J connectivity index is 1.99. The highest BCUT2D eigenvalue weighted by atomic mass is 16.4. The molecule has 0 atom stereocenters. The SMILES string of the molecule is CCCCCCCCCCCCCCCCc1cc(N=Nc2ccc(C(=O)[O-])cc2)cc(CCCCCCCCCCCCCCCC)c1CCCCCCCCCCCCCCCC. The lowest BCUT2D eigenvalue weighted by Crippen LogP contribution is -2.21. The van der Waals surface area contributed by atoms with Gasteiger partial charge in [-0.25, -0.2) is 0 Å². The molecule has 2 rings (SSSR count). The fourth-order valence-corrected chi connectivity index (χ4v) is 9.90. The van der Waals surface area contributed by atoms with Crippen molar-refractivity contribution in [2.24, 2.45) is 10.2 Å². The van der Waals surface area contributed by atoms with E-state index >= 15 is 0 Å². The average Bonchev–Trinajstić information content (AvgIpc) is 3.31. The average molecular weight is 899 g/mol. The van der Waals surface area contributed by atoms with Crippen LogP contribution in [0.25, 0.3) is 0 Å². The van der Waals surface area contributed by atoms with Crippen molar-refractivity contribution in [2.45, 2.75) is 310 Å². The van der Waals surface area contributed by atoms with Gasteiger partial charge in [-0.15, -0.1) is 0 Å². The van der Waals surface area contributed by atoms with E-state index in [1.54, 1.807) is 29.8 Å². The summed E-state index contributed by atoms with van der Waals surface area (Å²) in [6, 6.07) is 11.3. The maximum atomic E-state index is 11.3. The Morgan fingerprint density at radius 1 is 0.338 bits per heavy atom. The third kappa shape index (κ3) is 33.6. The maximum absolute atomic E-state index is 11.3. The molecule has 2 aromatic carbocycles. The van der Waals surface area contributed by atoms with Crippen LogP contribution < -0.4 is 5.11 Å². The minimum atomic E-state index is -1.16. The van der Waals surface area contributed by atoms with Crippen molar-refractivity contribution in [2.75, 3.05) is 0 Å². The summed E-state index contributed by atoms with van der Waals surface area (Å²) < 4.78 is 0. The first-order valence-corrected chi connectivity index (χ1v) is 29.0. The van der Waals surface area contributed by atoms with Crippen molar-refractivity contribution in [3.8, 4) is 0 Å². The Kier molecular flexibility index (Phi) is 39.7. The predicted octanol–water partition coefficient (Wildman–Crippen LogP) is 20.5. The van der Waals surface area contributed by atoms with Crippen molar-refractivity contribution < 1.29 is 9.90 Å². The van der Waals surface area contributed by atoms with Gasteiger partial charge in [0.05, 0.1) is 17.3 Å². The molecule has 372 valence electrons. The first-order valence-electron chi connectivity index (χ1n) is 29.0. The number of hydrogen-bond donors (Lipinski definition) is 0. The molecule has 0 fully saturated rings. The molecule has 4 nitrogen and oxygen atoms in total. The number of carboxylic acids is 1. The normalized spacial score (nSPS) is 11.7. The third-order valence-corrected chi connectivity index (χ3v) is 14.2. The van der Waals surface area contributed by atoms with E-state index < -0.39 is 5.97 Å². The second-order valence-electron chi connectivity index (χ2n) is 20.3. The number of carbonyl (C=O) groups is 1. The van der Waals surface area contributed by atoms with E-state index in [1.165, 1.54) is 287 Å². The molecule has 0 saturated carbocycles. The topological polar surface area (TPSA) is 64.8 Å². The summed E-state index contributed by atoms with van der Waals surface area (Å²) in [6.45, 7) is 6.91. The second-order valence-corrected chi connectivity index (χ2v) is 20.3. The zero-order chi connectivity index (χ0) is 46.5. The number of hydrogen-bond acceptors (Lipinski definition) is 4. The number of rotatable bonds is 48. The van der Waals surface area contributed by atoms with Gasteiger partial charge in [0, 0.05) is 0 Å². The van der Waals surface area contributed by atoms with Crippen LogP contribution in [0.2, 0.25) is 0 Å². The van der Waals surface area contributed by atoms with Gasteiger partial charge in [-0.2, -0.15) is 10.2 Å². The smallest absolute Gasteiger partial charge is 0.0862 e. The van der Waals surface area contributed by atoms with Crippen LogP contribution in [-0.2, 0) is 19.3 Å². The van der Waals surface area contributed by atoms with Gasteiger partial charge in [0.15, 0.2) is 0 Å². The monoisotopic (exact) mass is 898 g/mol. The van der Waals surface area contributed by atoms with E-state index in [9.17, 15) is 9.90 Å². The summed E-state index contributed by atoms with van der Waals surface area (Å²) in [5.74, 6) is -1.16. The summed E-state index contributed by atoms with van der Waals surface area (Å²) in [4.78, 5) is 11.3. The second kappa shape index (κ2) is 44.0. The van der Waals surface area contributed by atoms with Crippen LogP contribution in [0.15, 0.2) is 46.6 Å². The zero-order valence-electron chi connectivity index (χ0n) is 43.5. The van der Waals surface area contributed by atoms with E-state index in [0.717, 1.165) is 18.5 Å². The van der Waals surface area contributed by atoms with Crippen molar-refractivity contribution >= 4 is 17.3 Å². The molecule has 2 aromatic rings. The van der Waals surface area contributed by atoms with E-state index in [-0.39, 0.29) is 5.56 Å². The van der Waals surface area contributed by atoms with Gasteiger partial charge in [0.2, 0.25) is 0 Å². The summed E-state index contributed by atoms with van der Waals surface area (Å²) in [5, 5.41) is 20.7. The van der Waals surface area contributed by atoms with E-state index in [4.69, 9.17) is 5.11 Å². The summed E-state index contributed by atoms with van der Waals surface area (Å²) in [6.07, 6.45) is 61.7. The Labute approximate surface area is 404 Å². The van der Waals surface area contributed by atoms with Crippen LogP contribution in [0.1, 0.15) is 317 Å². The number of carbonyl (C=O) groups excluding carboxylic acids is 1. The quantitative estimate of drug-likeness (QED) is 0.0491. The predicted molar refractivity (Wildman–Crippen MR) is 283 cm³/mol. The number of nitrogens with zero attached hydrogens (tertiary/aromatic N) is 2. The Hall–Kier alpha value is -2.49. The fraction of sp³-hybridized carbons (Fsp3) is 0.787. The molecule has 0 aliphatic heterocycles. The molecule has 0 radical (unpaired) electrons. The van der Waals surface area contributed by atoms with Gasteiger partial charge in [0.1, 0.15) is 0 Å². The van der Waals surface area contributed by atoms with Crippen LogP contribution in [0, 0.1) is 0 Å². The number of azo groups is 1. The maximum Gasteiger partial charge on any atom is 0.0862 e. The number of benzene rings is 2. The highest BCUT2D eigenvalue weighted by Gasteiger charge is 2.12. The molecule has 0 saturated heterocycles. The van der Waals surface area contributed by atoms with E-state index in [2.05, 4.69) is 38.0 Å². The van der Waals surface area contributed by atoms with E-state index in [1.807, 2.05) is 0 Å². The molecule has 0 unspecified atom stereocenters. The first kappa shape index (κ1) is 58.6. The van der Waals surface area contributed by atoms with Gasteiger partial charge >= 0.3 is 0 Å². The third-order valence-electron chi connectivity index (χ3n) is 14.2. The molecule has 0 heterocycles. The Bertz CT molecular complexity index is 1330. The van der Waals surface area contributed by atoms with Gasteiger partial charge in [-0.1, -0.05) is 283 Å². The minimum Gasteiger partial charge on any atom is -0.545 e. The van der Waals surface area contributed by atoms with Crippen molar-refractivity contribution in [1.29, 1.82) is 0 Å². The molecule has 0 aliphatic rings. The van der Waals surface area contributed by atoms with Crippen LogP contribution >= 0.6 is 0 Å². The van der Waals surface area contributed by atoms with Crippen LogP contribution in [0.4, 0.5) is 11.4 Å². The van der Waals surface area contributed by atoms with Crippen molar-refractivity contribution in [3.63, 3.8) is 0 Å². The van der Waals surface area contributed by atoms with Crippen LogP contribution in [-0.4, -0.2) is 5.97 Å². The summed E-state index contributed by atoms with van der Waals surface area (Å²) in [7, 11) is 0. The lowest BCUT2D eigenvalue weighted by molar-refractivity contribution is -0.255. The number of unbranched alkanes of at least 4 members (excludes halogenated alkanes) is 39. The number of carboxylic acid groups (broad SMARTS) is 1. The van der Waals surface area contributed by atoms with Gasteiger partial charge in [-0.05, 0) is 85.0 Å². The molecule has 0 aromatic heterocycles. The van der Waals surface area contributed by atoms with Gasteiger partial charge in [-0.3, -0.25) is 0 Å². The van der Waals surface area contributed by atoms with Gasteiger partial charge in [0.25, 0.3) is 0 Å². The lowest BCUT2D eigenvalue weighted by atomic mass is 9.89. The molecular weight excluding hydrogens is 793 g/mol. The van der Waals surface area contributed by atoms with E-state index in [0.29, 0.717) is 5.69 Å². The molecular formula is C61H105N2O2-. The molecule has 0 amide bonds. The standard InChI is InChI=1S/C61H106N2O2/c1-4-7-10-13-16-19-22-25-28-31-34-37-40-43-46-56-53-59(63-62-58-51-49-55(50-52-58)61(64)65)54-57(47-44-41-38-35-32-29-26-23-20-17-14-11-8-5-2)60(56)48-45-42-39-36-33-30-27-24-21-18-15-12-9-6-3/h49-54H,4-48H2,1-3H3,(H,64,65)/p-1. The highest BCUT2D eigenvalue weighted by Crippen LogP contribution is 2.30. The van der Waals surface area contributed by atoms with Crippen LogP contribution in [0.3, 0.4) is 0 Å². The van der Waals surface area contributed by atoms with Gasteiger partial charge < -0.3 is 9.90 Å². The largest absolute Gasteiger partial charge is 0.545 e. The highest BCUT2D eigenvalue weighted by molar-refractivity contribution is 5.86. The Morgan fingerprint density at radius 3 is 0.862 bits per heavy atom. The minimum absolute atomic E-state index is 0.169. The molecule has 65 heavy (non-hydrogen) atoms. The molecule has 4 heteroatoms. The number of aromatic carboxylic acids is 1. The lowest BCUT2D eigenvalue weighted by Gasteiger charge is -2.17. The number of aryl methyl sites for hydroxylation is 2. The summed E-state index contributed by atoms with van der Waals surface area (Å²) >= 11 is 0. The summed E-state index contributed by atoms with van der Waals surface area (Å²) in [5.41, 5.74) is 6.40. The van der Waals surface area contributed by atoms with Crippen molar-refractivity contribution in [1.82, 2.24) is 0 Å². The fourth-order valence-electron chi connectivity index (χ4n) is 9.90. The molecule has 0 aliphatic carbocycles. The molecule has 0 bridgehead atoms. The van der Waals surface area contributed by atoms with Crippen molar-refractivity contribution in [3.05, 3.63) is 58.7 Å². The molecule has 0 N–H and O–H groups in total. The van der Waals surface area contributed by atoms with Crippen LogP contribution in [0.5, 0.6) is 0 Å². The zero-order valence-corrected chi connectivity index (χ0v) is 43.5.